The van der Waals surface area contributed by atoms with Gasteiger partial charge in [0.25, 0.3) is 0 Å². The van der Waals surface area contributed by atoms with E-state index in [0.29, 0.717) is 12.1 Å². The van der Waals surface area contributed by atoms with Crippen molar-refractivity contribution >= 4 is 5.82 Å². The first kappa shape index (κ1) is 10.6. The largest absolute Gasteiger partial charge is 0.366 e. The molecule has 0 spiro atoms. The zero-order chi connectivity index (χ0) is 11.4. The van der Waals surface area contributed by atoms with E-state index >= 15 is 0 Å². The number of nitrogens with zero attached hydrogens (tertiary/aromatic N) is 1. The van der Waals surface area contributed by atoms with Crippen LogP contribution in [0.15, 0.2) is 42.6 Å². The molecule has 0 aliphatic rings. The third kappa shape index (κ3) is 2.57. The van der Waals surface area contributed by atoms with Crippen LogP contribution in [0.3, 0.4) is 0 Å². The summed E-state index contributed by atoms with van der Waals surface area (Å²) in [5.74, 6) is 0.629. The first-order valence-electron chi connectivity index (χ1n) is 5.15. The van der Waals surface area contributed by atoms with Gasteiger partial charge in [0.05, 0.1) is 0 Å². The van der Waals surface area contributed by atoms with Crippen molar-refractivity contribution in [2.45, 2.75) is 13.5 Å². The third-order valence-electron chi connectivity index (χ3n) is 2.37. The molecule has 0 atom stereocenters. The molecule has 0 aliphatic carbocycles. The van der Waals surface area contributed by atoms with Crippen LogP contribution < -0.4 is 5.32 Å². The highest BCUT2D eigenvalue weighted by molar-refractivity contribution is 5.35. The predicted molar refractivity (Wildman–Crippen MR) is 62.7 cm³/mol. The van der Waals surface area contributed by atoms with Gasteiger partial charge in [0.2, 0.25) is 0 Å². The van der Waals surface area contributed by atoms with Gasteiger partial charge in [-0.3, -0.25) is 0 Å². The predicted octanol–water partition coefficient (Wildman–Crippen LogP) is 3.14. The fourth-order valence-electron chi connectivity index (χ4n) is 1.41. The average molecular weight is 216 g/mol. The molecular formula is C13H13FN2. The van der Waals surface area contributed by atoms with E-state index in [4.69, 9.17) is 0 Å². The second-order valence-corrected chi connectivity index (χ2v) is 3.65. The van der Waals surface area contributed by atoms with Gasteiger partial charge >= 0.3 is 0 Å². The minimum atomic E-state index is -0.166. The fraction of sp³-hybridized carbons (Fsp3) is 0.154. The summed E-state index contributed by atoms with van der Waals surface area (Å²) < 4.78 is 13.3. The zero-order valence-electron chi connectivity index (χ0n) is 9.07. The van der Waals surface area contributed by atoms with Gasteiger partial charge in [0.1, 0.15) is 11.6 Å². The van der Waals surface area contributed by atoms with Crippen LogP contribution in [0.5, 0.6) is 0 Å². The van der Waals surface area contributed by atoms with E-state index in [-0.39, 0.29) is 5.82 Å². The molecule has 0 amide bonds. The van der Waals surface area contributed by atoms with Crippen molar-refractivity contribution < 1.29 is 4.39 Å². The van der Waals surface area contributed by atoms with Crippen molar-refractivity contribution in [3.63, 3.8) is 0 Å². The summed E-state index contributed by atoms with van der Waals surface area (Å²) in [6.45, 7) is 2.33. The maximum Gasteiger partial charge on any atom is 0.126 e. The Morgan fingerprint density at radius 3 is 2.81 bits per heavy atom. The molecule has 0 bridgehead atoms. The molecule has 2 nitrogen and oxygen atoms in total. The quantitative estimate of drug-likeness (QED) is 0.852. The Morgan fingerprint density at radius 1 is 1.25 bits per heavy atom. The first-order chi connectivity index (χ1) is 7.75. The van der Waals surface area contributed by atoms with Crippen LogP contribution in [0.4, 0.5) is 10.2 Å². The summed E-state index contributed by atoms with van der Waals surface area (Å²) in [5, 5.41) is 3.13. The molecule has 0 unspecified atom stereocenters. The Bertz CT molecular complexity index is 469. The molecule has 0 radical (unpaired) electrons. The van der Waals surface area contributed by atoms with Crippen molar-refractivity contribution in [3.05, 3.63) is 59.5 Å². The van der Waals surface area contributed by atoms with Crippen LogP contribution >= 0.6 is 0 Å². The Labute approximate surface area is 94.2 Å². The van der Waals surface area contributed by atoms with Gasteiger partial charge in [-0.25, -0.2) is 9.37 Å². The van der Waals surface area contributed by atoms with Gasteiger partial charge in [-0.05, 0) is 36.2 Å². The normalized spacial score (nSPS) is 10.1. The number of aromatic nitrogens is 1. The second-order valence-electron chi connectivity index (χ2n) is 3.65. The zero-order valence-corrected chi connectivity index (χ0v) is 9.07. The molecule has 16 heavy (non-hydrogen) atoms. The van der Waals surface area contributed by atoms with Crippen molar-refractivity contribution in [2.75, 3.05) is 5.32 Å². The average Bonchev–Trinajstić information content (AvgIpc) is 2.32. The van der Waals surface area contributed by atoms with E-state index in [1.54, 1.807) is 25.3 Å². The van der Waals surface area contributed by atoms with E-state index in [1.165, 1.54) is 0 Å². The lowest BCUT2D eigenvalue weighted by Crippen LogP contribution is -2.01. The minimum Gasteiger partial charge on any atom is -0.366 e. The van der Waals surface area contributed by atoms with Gasteiger partial charge in [0, 0.05) is 12.7 Å². The van der Waals surface area contributed by atoms with Crippen molar-refractivity contribution in [2.24, 2.45) is 0 Å². The smallest absolute Gasteiger partial charge is 0.126 e. The first-order valence-corrected chi connectivity index (χ1v) is 5.15. The number of benzene rings is 1. The number of anilines is 1. The molecule has 2 aromatic rings. The Morgan fingerprint density at radius 2 is 2.12 bits per heavy atom. The lowest BCUT2D eigenvalue weighted by atomic mass is 10.1. The molecule has 0 fully saturated rings. The monoisotopic (exact) mass is 216 g/mol. The van der Waals surface area contributed by atoms with E-state index in [2.05, 4.69) is 10.3 Å². The molecule has 1 aromatic heterocycles. The fourth-order valence-corrected chi connectivity index (χ4v) is 1.41. The summed E-state index contributed by atoms with van der Waals surface area (Å²) in [4.78, 5) is 4.13. The second kappa shape index (κ2) is 4.75. The lowest BCUT2D eigenvalue weighted by Gasteiger charge is -2.06. The summed E-state index contributed by atoms with van der Waals surface area (Å²) in [6, 6.07) is 10.9. The highest BCUT2D eigenvalue weighted by Crippen LogP contribution is 2.10. The van der Waals surface area contributed by atoms with Gasteiger partial charge in [-0.2, -0.15) is 0 Å². The lowest BCUT2D eigenvalue weighted by molar-refractivity contribution is 0.616. The number of aryl methyl sites for hydroxylation is 1. The maximum absolute atomic E-state index is 13.3. The van der Waals surface area contributed by atoms with Crippen LogP contribution in [-0.4, -0.2) is 4.98 Å². The number of halogens is 1. The number of pyridine rings is 1. The van der Waals surface area contributed by atoms with E-state index < -0.39 is 0 Å². The highest BCUT2D eigenvalue weighted by atomic mass is 19.1. The van der Waals surface area contributed by atoms with Gasteiger partial charge in [0.15, 0.2) is 0 Å². The molecule has 0 saturated carbocycles. The summed E-state index contributed by atoms with van der Waals surface area (Å²) in [5.41, 5.74) is 1.58. The number of rotatable bonds is 3. The van der Waals surface area contributed by atoms with Gasteiger partial charge in [-0.1, -0.05) is 18.2 Å². The van der Waals surface area contributed by atoms with E-state index in [9.17, 15) is 4.39 Å². The maximum atomic E-state index is 13.3. The third-order valence-corrected chi connectivity index (χ3v) is 2.37. The minimum absolute atomic E-state index is 0.166. The van der Waals surface area contributed by atoms with Crippen LogP contribution in [-0.2, 0) is 6.54 Å². The molecule has 1 N–H and O–H groups in total. The number of nitrogens with one attached hydrogen (secondary N) is 1. The van der Waals surface area contributed by atoms with E-state index in [1.807, 2.05) is 24.3 Å². The van der Waals surface area contributed by atoms with E-state index in [0.717, 1.165) is 11.4 Å². The molecule has 3 heteroatoms. The van der Waals surface area contributed by atoms with Crippen LogP contribution in [0.25, 0.3) is 0 Å². The molecule has 0 saturated heterocycles. The highest BCUT2D eigenvalue weighted by Gasteiger charge is 1.99. The summed E-state index contributed by atoms with van der Waals surface area (Å²) in [7, 11) is 0. The number of hydrogen-bond acceptors (Lipinski definition) is 2. The number of hydrogen-bond donors (Lipinski definition) is 1. The van der Waals surface area contributed by atoms with Gasteiger partial charge in [-0.15, -0.1) is 0 Å². The molecule has 1 aromatic carbocycles. The Hall–Kier alpha value is -1.90. The summed E-state index contributed by atoms with van der Waals surface area (Å²) in [6.07, 6.45) is 1.72. The van der Waals surface area contributed by atoms with Crippen LogP contribution in [0.2, 0.25) is 0 Å². The summed E-state index contributed by atoms with van der Waals surface area (Å²) >= 11 is 0. The molecule has 1 heterocycles. The van der Waals surface area contributed by atoms with Crippen LogP contribution in [0.1, 0.15) is 11.1 Å². The standard InChI is InChI=1S/C13H13FN2/c1-10-5-6-11(8-12(10)14)9-16-13-4-2-3-7-15-13/h2-8H,9H2,1H3,(H,15,16). The molecule has 0 aliphatic heterocycles. The van der Waals surface area contributed by atoms with Crippen molar-refractivity contribution in [1.82, 2.24) is 4.98 Å². The van der Waals surface area contributed by atoms with Crippen molar-refractivity contribution in [1.29, 1.82) is 0 Å². The van der Waals surface area contributed by atoms with Crippen molar-refractivity contribution in [3.8, 4) is 0 Å². The molecule has 82 valence electrons. The Kier molecular flexibility index (Phi) is 3.15. The topological polar surface area (TPSA) is 24.9 Å². The van der Waals surface area contributed by atoms with Gasteiger partial charge < -0.3 is 5.32 Å². The van der Waals surface area contributed by atoms with Crippen LogP contribution in [0, 0.1) is 12.7 Å². The molecular weight excluding hydrogens is 203 g/mol. The SMILES string of the molecule is Cc1ccc(CNc2ccccn2)cc1F. The Balaban J connectivity index is 2.03. The molecule has 2 rings (SSSR count).